The molecule has 0 aliphatic heterocycles. The summed E-state index contributed by atoms with van der Waals surface area (Å²) in [5, 5.41) is 2.69. The molecule has 82 valence electrons. The zero-order chi connectivity index (χ0) is 10.8. The van der Waals surface area contributed by atoms with Crippen LogP contribution in [0.2, 0.25) is 0 Å². The molecule has 0 aromatic carbocycles. The molecule has 1 atom stereocenters. The van der Waals surface area contributed by atoms with E-state index in [9.17, 15) is 4.79 Å². The number of nitrogens with one attached hydrogen (secondary N) is 1. The molecule has 1 heterocycles. The van der Waals surface area contributed by atoms with Crippen LogP contribution in [0.3, 0.4) is 0 Å². The third kappa shape index (κ3) is 2.07. The Morgan fingerprint density at radius 1 is 1.67 bits per heavy atom. The topological polar surface area (TPSA) is 29.1 Å². The summed E-state index contributed by atoms with van der Waals surface area (Å²) in [5.41, 5.74) is 1.41. The minimum absolute atomic E-state index is 0.0578. The summed E-state index contributed by atoms with van der Waals surface area (Å²) in [5.74, 6) is 0.882. The van der Waals surface area contributed by atoms with E-state index in [0.717, 1.165) is 17.2 Å². The molecule has 0 bridgehead atoms. The molecule has 0 saturated carbocycles. The van der Waals surface area contributed by atoms with Crippen LogP contribution in [0, 0.1) is 5.92 Å². The Morgan fingerprint density at radius 2 is 2.47 bits per heavy atom. The van der Waals surface area contributed by atoms with Crippen LogP contribution in [-0.4, -0.2) is 13.0 Å². The molecule has 1 N–H and O–H groups in total. The van der Waals surface area contributed by atoms with Crippen LogP contribution in [0.25, 0.3) is 0 Å². The van der Waals surface area contributed by atoms with Gasteiger partial charge in [0.15, 0.2) is 0 Å². The molecule has 1 unspecified atom stereocenters. The Morgan fingerprint density at radius 3 is 3.13 bits per heavy atom. The Hall–Kier alpha value is -0.830. The lowest BCUT2D eigenvalue weighted by Gasteiger charge is -2.19. The summed E-state index contributed by atoms with van der Waals surface area (Å²) in [7, 11) is 1.69. The summed E-state index contributed by atoms with van der Waals surface area (Å²) < 4.78 is 0. The van der Waals surface area contributed by atoms with Gasteiger partial charge in [-0.25, -0.2) is 0 Å². The lowest BCUT2D eigenvalue weighted by molar-refractivity contribution is 0.0967. The molecular weight excluding hydrogens is 206 g/mol. The minimum atomic E-state index is 0.0578. The van der Waals surface area contributed by atoms with Gasteiger partial charge < -0.3 is 5.32 Å². The number of aryl methyl sites for hydroxylation is 1. The van der Waals surface area contributed by atoms with Gasteiger partial charge in [-0.15, -0.1) is 11.3 Å². The van der Waals surface area contributed by atoms with Crippen LogP contribution >= 0.6 is 11.3 Å². The molecule has 0 spiro atoms. The van der Waals surface area contributed by atoms with Gasteiger partial charge in [0.2, 0.25) is 0 Å². The van der Waals surface area contributed by atoms with Crippen molar-refractivity contribution in [3.8, 4) is 0 Å². The molecule has 0 saturated heterocycles. The molecule has 0 fully saturated rings. The number of rotatable bonds is 2. The summed E-state index contributed by atoms with van der Waals surface area (Å²) in [6.45, 7) is 2.25. The number of hydrogen-bond donors (Lipinski definition) is 1. The number of hydrogen-bond acceptors (Lipinski definition) is 2. The van der Waals surface area contributed by atoms with Crippen LogP contribution in [0.15, 0.2) is 6.07 Å². The van der Waals surface area contributed by atoms with Gasteiger partial charge in [0.05, 0.1) is 4.88 Å². The normalized spacial score (nSPS) is 19.7. The van der Waals surface area contributed by atoms with E-state index < -0.39 is 0 Å². The SMILES string of the molecule is CCC1CCc2sc(C(=O)NC)cc2C1. The standard InChI is InChI=1S/C12H17NOS/c1-3-8-4-5-10-9(6-8)7-11(15-10)12(14)13-2/h7-8H,3-6H2,1-2H3,(H,13,14). The maximum Gasteiger partial charge on any atom is 0.261 e. The maximum atomic E-state index is 11.5. The second-order valence-electron chi connectivity index (χ2n) is 4.16. The van der Waals surface area contributed by atoms with Crippen LogP contribution in [0.1, 0.15) is 39.9 Å². The van der Waals surface area contributed by atoms with E-state index in [4.69, 9.17) is 0 Å². The third-order valence-electron chi connectivity index (χ3n) is 3.21. The molecule has 15 heavy (non-hydrogen) atoms. The molecule has 2 rings (SSSR count). The predicted octanol–water partition coefficient (Wildman–Crippen LogP) is 2.62. The van der Waals surface area contributed by atoms with E-state index in [0.29, 0.717) is 0 Å². The van der Waals surface area contributed by atoms with Crippen LogP contribution < -0.4 is 5.32 Å². The summed E-state index contributed by atoms with van der Waals surface area (Å²) in [6, 6.07) is 2.08. The van der Waals surface area contributed by atoms with Crippen molar-refractivity contribution in [2.45, 2.75) is 32.6 Å². The van der Waals surface area contributed by atoms with Gasteiger partial charge in [0.1, 0.15) is 0 Å². The average Bonchev–Trinajstić information content (AvgIpc) is 2.70. The summed E-state index contributed by atoms with van der Waals surface area (Å²) in [6.07, 6.45) is 4.87. The Labute approximate surface area is 94.7 Å². The van der Waals surface area contributed by atoms with E-state index in [1.807, 2.05) is 0 Å². The molecule has 1 aromatic heterocycles. The van der Waals surface area contributed by atoms with Gasteiger partial charge in [0.25, 0.3) is 5.91 Å². The summed E-state index contributed by atoms with van der Waals surface area (Å²) >= 11 is 1.67. The predicted molar refractivity (Wildman–Crippen MR) is 63.5 cm³/mol. The van der Waals surface area contributed by atoms with Gasteiger partial charge in [-0.05, 0) is 36.8 Å². The van der Waals surface area contributed by atoms with E-state index in [1.165, 1.54) is 29.7 Å². The van der Waals surface area contributed by atoms with Crippen LogP contribution in [0.5, 0.6) is 0 Å². The first-order valence-corrected chi connectivity index (χ1v) is 6.40. The van der Waals surface area contributed by atoms with Gasteiger partial charge in [-0.2, -0.15) is 0 Å². The zero-order valence-electron chi connectivity index (χ0n) is 9.30. The number of carbonyl (C=O) groups is 1. The lowest BCUT2D eigenvalue weighted by atomic mass is 9.87. The van der Waals surface area contributed by atoms with E-state index in [-0.39, 0.29) is 5.91 Å². The van der Waals surface area contributed by atoms with Crippen molar-refractivity contribution in [1.82, 2.24) is 5.32 Å². The van der Waals surface area contributed by atoms with Crippen molar-refractivity contribution in [2.24, 2.45) is 5.92 Å². The second-order valence-corrected chi connectivity index (χ2v) is 5.29. The highest BCUT2D eigenvalue weighted by atomic mass is 32.1. The van der Waals surface area contributed by atoms with Crippen molar-refractivity contribution in [3.05, 3.63) is 21.4 Å². The van der Waals surface area contributed by atoms with Gasteiger partial charge >= 0.3 is 0 Å². The van der Waals surface area contributed by atoms with Crippen molar-refractivity contribution in [1.29, 1.82) is 0 Å². The van der Waals surface area contributed by atoms with Crippen LogP contribution in [-0.2, 0) is 12.8 Å². The quantitative estimate of drug-likeness (QED) is 0.820. The zero-order valence-corrected chi connectivity index (χ0v) is 10.1. The highest BCUT2D eigenvalue weighted by Gasteiger charge is 2.21. The third-order valence-corrected chi connectivity index (χ3v) is 4.45. The maximum absolute atomic E-state index is 11.5. The number of thiophene rings is 1. The van der Waals surface area contributed by atoms with Crippen molar-refractivity contribution >= 4 is 17.2 Å². The first-order chi connectivity index (χ1) is 7.24. The first-order valence-electron chi connectivity index (χ1n) is 5.58. The Kier molecular flexibility index (Phi) is 3.10. The van der Waals surface area contributed by atoms with E-state index >= 15 is 0 Å². The molecule has 1 aliphatic rings. The lowest BCUT2D eigenvalue weighted by Crippen LogP contribution is -2.16. The Bertz CT molecular complexity index is 370. The van der Waals surface area contributed by atoms with Gasteiger partial charge in [-0.3, -0.25) is 4.79 Å². The first kappa shape index (κ1) is 10.7. The molecule has 2 nitrogen and oxygen atoms in total. The average molecular weight is 223 g/mol. The van der Waals surface area contributed by atoms with Crippen molar-refractivity contribution < 1.29 is 4.79 Å². The fraction of sp³-hybridized carbons (Fsp3) is 0.583. The molecule has 1 amide bonds. The summed E-state index contributed by atoms with van der Waals surface area (Å²) in [4.78, 5) is 13.8. The highest BCUT2D eigenvalue weighted by molar-refractivity contribution is 7.14. The molecule has 0 radical (unpaired) electrons. The fourth-order valence-electron chi connectivity index (χ4n) is 2.18. The number of amides is 1. The van der Waals surface area contributed by atoms with E-state index in [1.54, 1.807) is 18.4 Å². The highest BCUT2D eigenvalue weighted by Crippen LogP contribution is 2.33. The molecule has 3 heteroatoms. The molecule has 1 aliphatic carbocycles. The molecular formula is C12H17NOS. The van der Waals surface area contributed by atoms with Crippen molar-refractivity contribution in [3.63, 3.8) is 0 Å². The monoisotopic (exact) mass is 223 g/mol. The van der Waals surface area contributed by atoms with Gasteiger partial charge in [-0.1, -0.05) is 13.3 Å². The fourth-order valence-corrected chi connectivity index (χ4v) is 3.34. The van der Waals surface area contributed by atoms with E-state index in [2.05, 4.69) is 18.3 Å². The number of carbonyl (C=O) groups excluding carboxylic acids is 1. The van der Waals surface area contributed by atoms with Crippen molar-refractivity contribution in [2.75, 3.05) is 7.05 Å². The van der Waals surface area contributed by atoms with Crippen LogP contribution in [0.4, 0.5) is 0 Å². The second kappa shape index (κ2) is 4.35. The number of fused-ring (bicyclic) bond motifs is 1. The Balaban J connectivity index is 2.21. The van der Waals surface area contributed by atoms with Gasteiger partial charge in [0, 0.05) is 11.9 Å². The molecule has 1 aromatic rings. The minimum Gasteiger partial charge on any atom is -0.354 e. The largest absolute Gasteiger partial charge is 0.354 e. The smallest absolute Gasteiger partial charge is 0.261 e.